The first-order chi connectivity index (χ1) is 3.77. The average Bonchev–Trinajstić information content (AvgIpc) is 2.17. The summed E-state index contributed by atoms with van der Waals surface area (Å²) in [5, 5.41) is 8.20. The van der Waals surface area contributed by atoms with Crippen molar-refractivity contribution in [2.75, 3.05) is 6.61 Å². The van der Waals surface area contributed by atoms with E-state index >= 15 is 0 Å². The van der Waals surface area contributed by atoms with E-state index in [1.807, 2.05) is 0 Å². The second kappa shape index (κ2) is 2.01. The molecule has 1 rings (SSSR count). The molecule has 0 spiro atoms. The smallest absolute Gasteiger partial charge is 0.198 e. The molecule has 0 aliphatic carbocycles. The molecule has 0 aromatic rings. The van der Waals surface area contributed by atoms with E-state index in [1.165, 1.54) is 0 Å². The molecular formula is C5H10O3. The quantitative estimate of drug-likeness (QED) is 0.412. The molecule has 0 saturated carbocycles. The van der Waals surface area contributed by atoms with Gasteiger partial charge in [0, 0.05) is 6.42 Å². The molecule has 3 nitrogen and oxygen atoms in total. The van der Waals surface area contributed by atoms with E-state index in [4.69, 9.17) is 9.99 Å². The van der Waals surface area contributed by atoms with E-state index in [0.29, 0.717) is 6.61 Å². The SMILES string of the molecule is CC1(OO)CCCO1. The van der Waals surface area contributed by atoms with Crippen molar-refractivity contribution in [3.05, 3.63) is 0 Å². The van der Waals surface area contributed by atoms with Gasteiger partial charge in [-0.3, -0.25) is 0 Å². The highest BCUT2D eigenvalue weighted by Gasteiger charge is 2.30. The Balaban J connectivity index is 2.40. The summed E-state index contributed by atoms with van der Waals surface area (Å²) in [4.78, 5) is 4.08. The normalized spacial score (nSPS) is 38.2. The van der Waals surface area contributed by atoms with Crippen molar-refractivity contribution in [1.29, 1.82) is 0 Å². The van der Waals surface area contributed by atoms with Crippen LogP contribution in [0.25, 0.3) is 0 Å². The summed E-state index contributed by atoms with van der Waals surface area (Å²) in [7, 11) is 0. The van der Waals surface area contributed by atoms with E-state index in [0.717, 1.165) is 12.8 Å². The predicted molar refractivity (Wildman–Crippen MR) is 27.3 cm³/mol. The minimum Gasteiger partial charge on any atom is -0.348 e. The Kier molecular flexibility index (Phi) is 1.51. The molecule has 3 heteroatoms. The molecule has 1 saturated heterocycles. The first kappa shape index (κ1) is 6.01. The summed E-state index contributed by atoms with van der Waals surface area (Å²) >= 11 is 0. The molecule has 0 aromatic carbocycles. The highest BCUT2D eigenvalue weighted by molar-refractivity contribution is 4.66. The lowest BCUT2D eigenvalue weighted by atomic mass is 10.2. The summed E-state index contributed by atoms with van der Waals surface area (Å²) in [5.74, 6) is -0.708. The van der Waals surface area contributed by atoms with Crippen LogP contribution in [-0.2, 0) is 9.62 Å². The summed E-state index contributed by atoms with van der Waals surface area (Å²) in [6.07, 6.45) is 1.75. The molecular weight excluding hydrogens is 108 g/mol. The van der Waals surface area contributed by atoms with Crippen LogP contribution in [0.2, 0.25) is 0 Å². The topological polar surface area (TPSA) is 38.7 Å². The Morgan fingerprint density at radius 2 is 2.50 bits per heavy atom. The number of hydrogen-bond donors (Lipinski definition) is 1. The third kappa shape index (κ3) is 0.992. The van der Waals surface area contributed by atoms with Gasteiger partial charge in [0.25, 0.3) is 0 Å². The third-order valence-electron chi connectivity index (χ3n) is 1.38. The molecule has 1 fully saturated rings. The predicted octanol–water partition coefficient (Wildman–Crippen LogP) is 1.00. The van der Waals surface area contributed by atoms with Crippen LogP contribution in [0.4, 0.5) is 0 Å². The first-order valence-electron chi connectivity index (χ1n) is 2.73. The molecule has 0 radical (unpaired) electrons. The molecule has 0 bridgehead atoms. The lowest BCUT2D eigenvalue weighted by Crippen LogP contribution is -2.25. The standard InChI is InChI=1S/C5H10O3/c1-5(8-6)3-2-4-7-5/h6H,2-4H2,1H3. The maximum absolute atomic E-state index is 8.20. The molecule has 0 amide bonds. The lowest BCUT2D eigenvalue weighted by molar-refractivity contribution is -0.385. The van der Waals surface area contributed by atoms with Crippen molar-refractivity contribution < 1.29 is 14.9 Å². The Hall–Kier alpha value is -0.120. The zero-order chi connectivity index (χ0) is 6.04. The summed E-state index contributed by atoms with van der Waals surface area (Å²) < 4.78 is 5.02. The number of ether oxygens (including phenoxy) is 1. The summed E-state index contributed by atoms with van der Waals surface area (Å²) in [6, 6.07) is 0. The van der Waals surface area contributed by atoms with Gasteiger partial charge in [-0.15, -0.1) is 0 Å². The second-order valence-electron chi connectivity index (χ2n) is 2.18. The van der Waals surface area contributed by atoms with Gasteiger partial charge in [-0.05, 0) is 13.3 Å². The molecule has 8 heavy (non-hydrogen) atoms. The first-order valence-corrected chi connectivity index (χ1v) is 2.73. The summed E-state index contributed by atoms with van der Waals surface area (Å²) in [6.45, 7) is 2.41. The van der Waals surface area contributed by atoms with Gasteiger partial charge in [-0.25, -0.2) is 10.1 Å². The van der Waals surface area contributed by atoms with E-state index < -0.39 is 5.79 Å². The van der Waals surface area contributed by atoms with Crippen molar-refractivity contribution in [1.82, 2.24) is 0 Å². The van der Waals surface area contributed by atoms with Crippen LogP contribution in [0.15, 0.2) is 0 Å². The van der Waals surface area contributed by atoms with Gasteiger partial charge >= 0.3 is 0 Å². The Morgan fingerprint density at radius 3 is 2.75 bits per heavy atom. The van der Waals surface area contributed by atoms with Crippen LogP contribution >= 0.6 is 0 Å². The molecule has 48 valence electrons. The van der Waals surface area contributed by atoms with Crippen LogP contribution in [0, 0.1) is 0 Å². The number of hydrogen-bond acceptors (Lipinski definition) is 3. The average molecular weight is 118 g/mol. The highest BCUT2D eigenvalue weighted by atomic mass is 17.1. The van der Waals surface area contributed by atoms with Gasteiger partial charge in [0.05, 0.1) is 6.61 Å². The Labute approximate surface area is 48.1 Å². The van der Waals surface area contributed by atoms with Crippen LogP contribution in [0.3, 0.4) is 0 Å². The fourth-order valence-corrected chi connectivity index (χ4v) is 0.826. The Morgan fingerprint density at radius 1 is 1.75 bits per heavy atom. The molecule has 0 aromatic heterocycles. The van der Waals surface area contributed by atoms with Crippen LogP contribution in [0.5, 0.6) is 0 Å². The van der Waals surface area contributed by atoms with Crippen LogP contribution in [-0.4, -0.2) is 17.7 Å². The van der Waals surface area contributed by atoms with E-state index in [9.17, 15) is 0 Å². The maximum Gasteiger partial charge on any atom is 0.198 e. The monoisotopic (exact) mass is 118 g/mol. The summed E-state index contributed by atoms with van der Waals surface area (Å²) in [5.41, 5.74) is 0. The van der Waals surface area contributed by atoms with Crippen molar-refractivity contribution in [3.8, 4) is 0 Å². The lowest BCUT2D eigenvalue weighted by Gasteiger charge is -2.17. The second-order valence-corrected chi connectivity index (χ2v) is 2.18. The molecule has 1 unspecified atom stereocenters. The maximum atomic E-state index is 8.20. The van der Waals surface area contributed by atoms with Gasteiger partial charge in [0.15, 0.2) is 5.79 Å². The number of rotatable bonds is 1. The zero-order valence-corrected chi connectivity index (χ0v) is 4.89. The van der Waals surface area contributed by atoms with Crippen molar-refractivity contribution in [3.63, 3.8) is 0 Å². The van der Waals surface area contributed by atoms with Gasteiger partial charge in [-0.2, -0.15) is 0 Å². The van der Waals surface area contributed by atoms with Crippen molar-refractivity contribution in [2.24, 2.45) is 0 Å². The Bertz CT molecular complexity index is 75.7. The van der Waals surface area contributed by atoms with Gasteiger partial charge in [0.2, 0.25) is 0 Å². The van der Waals surface area contributed by atoms with E-state index in [2.05, 4.69) is 4.89 Å². The van der Waals surface area contributed by atoms with Gasteiger partial charge < -0.3 is 4.74 Å². The molecule has 1 heterocycles. The van der Waals surface area contributed by atoms with Gasteiger partial charge in [0.1, 0.15) is 0 Å². The molecule has 1 atom stereocenters. The molecule has 1 aliphatic heterocycles. The van der Waals surface area contributed by atoms with Crippen LogP contribution < -0.4 is 0 Å². The third-order valence-corrected chi connectivity index (χ3v) is 1.38. The zero-order valence-electron chi connectivity index (χ0n) is 4.89. The fraction of sp³-hybridized carbons (Fsp3) is 1.00. The largest absolute Gasteiger partial charge is 0.348 e. The van der Waals surface area contributed by atoms with Crippen molar-refractivity contribution in [2.45, 2.75) is 25.6 Å². The van der Waals surface area contributed by atoms with E-state index in [1.54, 1.807) is 6.92 Å². The minimum atomic E-state index is -0.708. The highest BCUT2D eigenvalue weighted by Crippen LogP contribution is 2.24. The van der Waals surface area contributed by atoms with Crippen LogP contribution in [0.1, 0.15) is 19.8 Å². The van der Waals surface area contributed by atoms with Gasteiger partial charge in [-0.1, -0.05) is 0 Å². The fourth-order valence-electron chi connectivity index (χ4n) is 0.826. The van der Waals surface area contributed by atoms with Crippen molar-refractivity contribution >= 4 is 0 Å². The molecule has 1 aliphatic rings. The van der Waals surface area contributed by atoms with E-state index in [-0.39, 0.29) is 0 Å². The molecule has 1 N–H and O–H groups in total. The minimum absolute atomic E-state index is 0.692.